The molecular weight excluding hydrogens is 290 g/mol. The average Bonchev–Trinajstić information content (AvgIpc) is 2.54. The number of aromatic nitrogens is 1. The summed E-state index contributed by atoms with van der Waals surface area (Å²) in [5, 5.41) is 18.2. The third-order valence-corrected chi connectivity index (χ3v) is 2.97. The summed E-state index contributed by atoms with van der Waals surface area (Å²) in [7, 11) is 0. The van der Waals surface area contributed by atoms with Gasteiger partial charge in [-0.3, -0.25) is 9.88 Å². The third kappa shape index (κ3) is 8.30. The zero-order valence-electron chi connectivity index (χ0n) is 12.3. The maximum absolute atomic E-state index is 9.10. The Labute approximate surface area is 128 Å². The molecule has 0 unspecified atom stereocenters. The zero-order valence-corrected chi connectivity index (χ0v) is 12.3. The molecule has 1 aliphatic rings. The van der Waals surface area contributed by atoms with E-state index in [1.165, 1.54) is 5.56 Å². The van der Waals surface area contributed by atoms with Gasteiger partial charge in [-0.25, -0.2) is 9.59 Å². The lowest BCUT2D eigenvalue weighted by Crippen LogP contribution is -2.40. The smallest absolute Gasteiger partial charge is 0.414 e. The Balaban J connectivity index is 0.000000346. The van der Waals surface area contributed by atoms with Crippen molar-refractivity contribution in [3.8, 4) is 0 Å². The van der Waals surface area contributed by atoms with E-state index in [2.05, 4.69) is 15.2 Å². The van der Waals surface area contributed by atoms with E-state index in [0.717, 1.165) is 45.9 Å². The summed E-state index contributed by atoms with van der Waals surface area (Å²) in [5.41, 5.74) is 1.29. The van der Waals surface area contributed by atoms with E-state index >= 15 is 0 Å². The minimum atomic E-state index is -1.82. The number of hydrogen-bond acceptors (Lipinski definition) is 6. The normalized spacial score (nSPS) is 14.7. The van der Waals surface area contributed by atoms with E-state index in [1.807, 2.05) is 24.5 Å². The second-order valence-electron chi connectivity index (χ2n) is 4.60. The molecule has 0 amide bonds. The number of carbonyl (C=O) groups is 2. The average molecular weight is 311 g/mol. The van der Waals surface area contributed by atoms with Crippen LogP contribution in [0.2, 0.25) is 0 Å². The van der Waals surface area contributed by atoms with Crippen LogP contribution in [0.3, 0.4) is 0 Å². The lowest BCUT2D eigenvalue weighted by Gasteiger charge is -2.26. The molecule has 0 radical (unpaired) electrons. The van der Waals surface area contributed by atoms with Crippen LogP contribution in [0.4, 0.5) is 0 Å². The van der Waals surface area contributed by atoms with Crippen molar-refractivity contribution >= 4 is 11.9 Å². The molecule has 122 valence electrons. The molecule has 1 aliphatic heterocycles. The third-order valence-electron chi connectivity index (χ3n) is 2.97. The zero-order chi connectivity index (χ0) is 16.2. The van der Waals surface area contributed by atoms with Crippen LogP contribution in [0.25, 0.3) is 0 Å². The first-order chi connectivity index (χ1) is 10.6. The Kier molecular flexibility index (Phi) is 8.73. The number of hydrogen-bond donors (Lipinski definition) is 3. The second kappa shape index (κ2) is 10.7. The molecule has 1 aromatic rings. The summed E-state index contributed by atoms with van der Waals surface area (Å²) in [6, 6.07) is 4.09. The number of pyridine rings is 1. The van der Waals surface area contributed by atoms with Gasteiger partial charge in [0.15, 0.2) is 0 Å². The van der Waals surface area contributed by atoms with Gasteiger partial charge in [0.2, 0.25) is 0 Å². The Morgan fingerprint density at radius 2 is 1.77 bits per heavy atom. The van der Waals surface area contributed by atoms with E-state index in [0.29, 0.717) is 0 Å². The van der Waals surface area contributed by atoms with Crippen molar-refractivity contribution in [2.24, 2.45) is 0 Å². The van der Waals surface area contributed by atoms with E-state index in [1.54, 1.807) is 0 Å². The molecule has 0 spiro atoms. The Hall–Kier alpha value is -2.03. The topological polar surface area (TPSA) is 112 Å². The van der Waals surface area contributed by atoms with Gasteiger partial charge in [-0.05, 0) is 17.7 Å². The minimum absolute atomic E-state index is 0.879. The number of carboxylic acids is 2. The van der Waals surface area contributed by atoms with Crippen molar-refractivity contribution in [3.63, 3.8) is 0 Å². The molecule has 8 nitrogen and oxygen atoms in total. The van der Waals surface area contributed by atoms with Gasteiger partial charge in [0.25, 0.3) is 0 Å². The summed E-state index contributed by atoms with van der Waals surface area (Å²) in [6.45, 7) is 6.95. The van der Waals surface area contributed by atoms with Crippen molar-refractivity contribution < 1.29 is 24.5 Å². The van der Waals surface area contributed by atoms with Gasteiger partial charge in [-0.15, -0.1) is 0 Å². The van der Waals surface area contributed by atoms with E-state index in [4.69, 9.17) is 24.5 Å². The van der Waals surface area contributed by atoms with Crippen molar-refractivity contribution in [1.82, 2.24) is 15.2 Å². The van der Waals surface area contributed by atoms with Crippen molar-refractivity contribution in [1.29, 1.82) is 0 Å². The van der Waals surface area contributed by atoms with E-state index in [-0.39, 0.29) is 0 Å². The highest BCUT2D eigenvalue weighted by atomic mass is 16.5. The number of rotatable bonds is 5. The van der Waals surface area contributed by atoms with Gasteiger partial charge >= 0.3 is 11.9 Å². The Morgan fingerprint density at radius 3 is 2.32 bits per heavy atom. The molecule has 1 saturated heterocycles. The van der Waals surface area contributed by atoms with Crippen LogP contribution in [-0.4, -0.2) is 71.4 Å². The highest BCUT2D eigenvalue weighted by molar-refractivity contribution is 6.27. The van der Waals surface area contributed by atoms with Crippen molar-refractivity contribution in [2.45, 2.75) is 6.54 Å². The quantitative estimate of drug-likeness (QED) is 0.500. The van der Waals surface area contributed by atoms with Gasteiger partial charge in [-0.2, -0.15) is 0 Å². The molecule has 22 heavy (non-hydrogen) atoms. The first kappa shape index (κ1) is 18.0. The molecule has 0 aliphatic carbocycles. The maximum atomic E-state index is 9.10. The maximum Gasteiger partial charge on any atom is 0.414 e. The highest BCUT2D eigenvalue weighted by Gasteiger charge is 2.08. The largest absolute Gasteiger partial charge is 0.473 e. The molecule has 3 N–H and O–H groups in total. The highest BCUT2D eigenvalue weighted by Crippen LogP contribution is 1.96. The summed E-state index contributed by atoms with van der Waals surface area (Å²) in [6.07, 6.45) is 3.66. The fraction of sp³-hybridized carbons (Fsp3) is 0.500. The van der Waals surface area contributed by atoms with Crippen LogP contribution in [-0.2, 0) is 20.9 Å². The molecule has 8 heteroatoms. The van der Waals surface area contributed by atoms with Crippen LogP contribution < -0.4 is 5.32 Å². The molecular formula is C14H21N3O5. The van der Waals surface area contributed by atoms with Crippen molar-refractivity contribution in [2.75, 3.05) is 39.4 Å². The van der Waals surface area contributed by atoms with Crippen LogP contribution in [0.1, 0.15) is 5.56 Å². The lowest BCUT2D eigenvalue weighted by atomic mass is 10.3. The number of aliphatic carboxylic acids is 2. The van der Waals surface area contributed by atoms with Gasteiger partial charge < -0.3 is 20.3 Å². The summed E-state index contributed by atoms with van der Waals surface area (Å²) in [4.78, 5) is 24.6. The molecule has 0 atom stereocenters. The fourth-order valence-electron chi connectivity index (χ4n) is 1.80. The first-order valence-electron chi connectivity index (χ1n) is 6.95. The summed E-state index contributed by atoms with van der Waals surface area (Å²) >= 11 is 0. The van der Waals surface area contributed by atoms with Crippen LogP contribution in [0, 0.1) is 0 Å². The van der Waals surface area contributed by atoms with E-state index in [9.17, 15) is 0 Å². The molecule has 0 bridgehead atoms. The standard InChI is InChI=1S/C12H19N3O.C2H2O4/c1-3-13-4-2-12(1)11-14-5-6-15-7-9-16-10-8-15;3-1(4)2(5)6/h1-4,14H,5-11H2;(H,3,4)(H,5,6). The number of nitrogens with one attached hydrogen (secondary N) is 1. The monoisotopic (exact) mass is 311 g/mol. The predicted molar refractivity (Wildman–Crippen MR) is 78.5 cm³/mol. The SMILES string of the molecule is O=C(O)C(=O)O.c1cc(CNCCN2CCOCC2)ccn1. The molecule has 0 aromatic carbocycles. The first-order valence-corrected chi connectivity index (χ1v) is 6.95. The van der Waals surface area contributed by atoms with Crippen LogP contribution in [0.15, 0.2) is 24.5 Å². The predicted octanol–water partition coefficient (Wildman–Crippen LogP) is -0.341. The molecule has 2 rings (SSSR count). The van der Waals surface area contributed by atoms with Crippen LogP contribution >= 0.6 is 0 Å². The molecule has 1 aromatic heterocycles. The number of carboxylic acid groups (broad SMARTS) is 2. The van der Waals surface area contributed by atoms with Crippen molar-refractivity contribution in [3.05, 3.63) is 30.1 Å². The molecule has 2 heterocycles. The van der Waals surface area contributed by atoms with Gasteiger partial charge in [0, 0.05) is 45.1 Å². The van der Waals surface area contributed by atoms with Crippen LogP contribution in [0.5, 0.6) is 0 Å². The summed E-state index contributed by atoms with van der Waals surface area (Å²) < 4.78 is 5.31. The van der Waals surface area contributed by atoms with E-state index < -0.39 is 11.9 Å². The minimum Gasteiger partial charge on any atom is -0.473 e. The molecule has 1 fully saturated rings. The van der Waals surface area contributed by atoms with Gasteiger partial charge in [0.05, 0.1) is 13.2 Å². The number of ether oxygens (including phenoxy) is 1. The fourth-order valence-corrected chi connectivity index (χ4v) is 1.80. The Morgan fingerprint density at radius 1 is 1.18 bits per heavy atom. The second-order valence-corrected chi connectivity index (χ2v) is 4.60. The summed E-state index contributed by atoms with van der Waals surface area (Å²) in [5.74, 6) is -3.65. The van der Waals surface area contributed by atoms with Gasteiger partial charge in [-0.1, -0.05) is 0 Å². The number of nitrogens with zero attached hydrogens (tertiary/aromatic N) is 2. The number of morpholine rings is 1. The lowest BCUT2D eigenvalue weighted by molar-refractivity contribution is -0.159. The Bertz CT molecular complexity index is 437. The van der Waals surface area contributed by atoms with Gasteiger partial charge in [0.1, 0.15) is 0 Å². The molecule has 0 saturated carbocycles.